The van der Waals surface area contributed by atoms with Crippen LogP contribution in [0.4, 0.5) is 0 Å². The van der Waals surface area contributed by atoms with Gasteiger partial charge in [-0.3, -0.25) is 14.4 Å². The Hall–Kier alpha value is -7.95. The van der Waals surface area contributed by atoms with Gasteiger partial charge in [-0.25, -0.2) is 19.9 Å². The quantitative estimate of drug-likeness (QED) is 0.0541. The van der Waals surface area contributed by atoms with Crippen LogP contribution in [0.2, 0.25) is 10.0 Å². The largest absolute Gasteiger partial charge is 0.493 e. The summed E-state index contributed by atoms with van der Waals surface area (Å²) in [4.78, 5) is 59.7. The zero-order valence-corrected chi connectivity index (χ0v) is 49.9. The van der Waals surface area contributed by atoms with E-state index in [1.165, 1.54) is 19.1 Å². The van der Waals surface area contributed by atoms with Crippen molar-refractivity contribution >= 4 is 62.5 Å². The van der Waals surface area contributed by atoms with Crippen molar-refractivity contribution in [3.8, 4) is 46.3 Å². The summed E-state index contributed by atoms with van der Waals surface area (Å²) in [6.07, 6.45) is 7.90. The third-order valence-corrected chi connectivity index (χ3v) is 16.6. The predicted molar refractivity (Wildman–Crippen MR) is 316 cm³/mol. The summed E-state index contributed by atoms with van der Waals surface area (Å²) in [7, 11) is 3.15. The van der Waals surface area contributed by atoms with E-state index in [9.17, 15) is 14.4 Å². The number of benzene rings is 4. The van der Waals surface area contributed by atoms with Gasteiger partial charge in [0.05, 0.1) is 106 Å². The number of aryl methyl sites for hydroxylation is 2. The standard InChI is InChI=1S/C32H33ClN4O7.C31H33ClN4O6/c1-20-11-22(36-44-20)13-23(38)12-21-3-4-24(14-26(21)33)43-31-25-15-28(40-2)29(16-27(25)34-19-35-31)42-10-5-30(39)37-8-6-32(7-9-37)17-41-18-32;1-20-10-22(35-42-20)12-23(37)11-21-4-5-24(13-26(21)32)41-30-25-14-28(38-2)29(15-27(25)33-19-34-30)40-9-3-7-36-8-6-31(16-36)17-39-18-31/h3-4,11,14-16,19H,5-10,12-13,17-18H2,1-2H3;4-5,10,13-15,19H,3,6-9,11-12,16-18H2,1-2H3. The first-order valence-corrected chi connectivity index (χ1v) is 29.3. The third-order valence-electron chi connectivity index (χ3n) is 15.9. The van der Waals surface area contributed by atoms with Crippen LogP contribution in [0, 0.1) is 24.7 Å². The molecule has 86 heavy (non-hydrogen) atoms. The molecule has 1 amide bonds. The molecule has 0 atom stereocenters. The highest BCUT2D eigenvalue weighted by atomic mass is 35.5. The highest BCUT2D eigenvalue weighted by molar-refractivity contribution is 6.32. The average molecular weight is 1210 g/mol. The smallest absolute Gasteiger partial charge is 0.230 e. The van der Waals surface area contributed by atoms with Crippen molar-refractivity contribution in [2.24, 2.45) is 10.8 Å². The van der Waals surface area contributed by atoms with Crippen molar-refractivity contribution in [3.05, 3.63) is 130 Å². The van der Waals surface area contributed by atoms with Crippen molar-refractivity contribution in [1.82, 2.24) is 40.0 Å². The molecule has 4 saturated heterocycles. The van der Waals surface area contributed by atoms with Gasteiger partial charge in [0, 0.05) is 84.2 Å². The summed E-state index contributed by atoms with van der Waals surface area (Å²) in [5.74, 6) is 5.08. The number of halogens is 2. The van der Waals surface area contributed by atoms with Crippen LogP contribution in [-0.2, 0) is 49.5 Å². The van der Waals surface area contributed by atoms with Gasteiger partial charge in [-0.05, 0) is 93.6 Å². The number of Topliss-reactive ketones (excluding diaryl/α,β-unsaturated/α-hetero) is 2. The molecule has 4 fully saturated rings. The van der Waals surface area contributed by atoms with E-state index >= 15 is 0 Å². The summed E-state index contributed by atoms with van der Waals surface area (Å²) in [5.41, 5.74) is 4.50. The lowest BCUT2D eigenvalue weighted by Crippen LogP contribution is -2.52. The lowest BCUT2D eigenvalue weighted by Gasteiger charge is -2.47. The SMILES string of the molecule is COc1cc2c(Oc3ccc(CC(=O)Cc4cc(C)on4)c(Cl)c3)ncnc2cc1OCCC(=O)N1CCC2(CC1)COC2.COc1cc2c(Oc3ccc(CC(=O)Cc4cc(C)on4)c(Cl)c3)ncnc2cc1OCCCN1CCC2(COC2)C1. The molecular formula is C63H66Cl2N8O13. The van der Waals surface area contributed by atoms with Gasteiger partial charge in [0.2, 0.25) is 17.7 Å². The second kappa shape index (κ2) is 26.8. The monoisotopic (exact) mass is 1210 g/mol. The van der Waals surface area contributed by atoms with Crippen LogP contribution in [0.25, 0.3) is 21.8 Å². The molecule has 4 aromatic heterocycles. The molecule has 4 aliphatic heterocycles. The highest BCUT2D eigenvalue weighted by Gasteiger charge is 2.44. The average Bonchev–Trinajstić information content (AvgIpc) is 1.94. The Labute approximate surface area is 506 Å². The van der Waals surface area contributed by atoms with E-state index in [1.54, 1.807) is 88.7 Å². The van der Waals surface area contributed by atoms with Crippen molar-refractivity contribution < 1.29 is 61.3 Å². The number of fused-ring (bicyclic) bond motifs is 2. The first-order chi connectivity index (χ1) is 41.7. The van der Waals surface area contributed by atoms with Gasteiger partial charge >= 0.3 is 0 Å². The van der Waals surface area contributed by atoms with E-state index < -0.39 is 0 Å². The summed E-state index contributed by atoms with van der Waals surface area (Å²) in [6.45, 7) is 12.5. The van der Waals surface area contributed by atoms with Gasteiger partial charge in [0.15, 0.2) is 23.0 Å². The Balaban J connectivity index is 0.000000179. The van der Waals surface area contributed by atoms with Crippen LogP contribution in [0.15, 0.2) is 94.5 Å². The Bertz CT molecular complexity index is 3750. The molecule has 0 bridgehead atoms. The molecule has 450 valence electrons. The predicted octanol–water partition coefficient (Wildman–Crippen LogP) is 10.4. The Morgan fingerprint density at radius 1 is 0.581 bits per heavy atom. The number of ether oxygens (including phenoxy) is 8. The number of hydrogen-bond acceptors (Lipinski definition) is 20. The molecule has 8 aromatic rings. The number of carbonyl (C=O) groups is 3. The van der Waals surface area contributed by atoms with Gasteiger partial charge in [-0.2, -0.15) is 0 Å². The van der Waals surface area contributed by atoms with E-state index in [-0.39, 0.29) is 61.6 Å². The fraction of sp³-hybridized carbons (Fsp3) is 0.413. The summed E-state index contributed by atoms with van der Waals surface area (Å²) >= 11 is 13.0. The van der Waals surface area contributed by atoms with E-state index in [0.717, 1.165) is 78.4 Å². The maximum Gasteiger partial charge on any atom is 0.230 e. The topological polar surface area (TPSA) is 235 Å². The molecular weight excluding hydrogens is 1150 g/mol. The Kier molecular flexibility index (Phi) is 18.6. The minimum Gasteiger partial charge on any atom is -0.493 e. The second-order valence-corrected chi connectivity index (χ2v) is 23.3. The minimum absolute atomic E-state index is 0.0148. The van der Waals surface area contributed by atoms with Gasteiger partial charge in [-0.15, -0.1) is 0 Å². The number of likely N-dealkylation sites (tertiary alicyclic amines) is 2. The highest BCUT2D eigenvalue weighted by Crippen LogP contribution is 2.41. The van der Waals surface area contributed by atoms with Crippen LogP contribution < -0.4 is 28.4 Å². The van der Waals surface area contributed by atoms with Crippen LogP contribution in [-0.4, -0.2) is 144 Å². The van der Waals surface area contributed by atoms with E-state index in [2.05, 4.69) is 35.1 Å². The first-order valence-electron chi connectivity index (χ1n) is 28.6. The lowest BCUT2D eigenvalue weighted by molar-refractivity contribution is -0.153. The van der Waals surface area contributed by atoms with E-state index in [0.29, 0.717) is 124 Å². The van der Waals surface area contributed by atoms with Crippen molar-refractivity contribution in [2.75, 3.05) is 86.6 Å². The molecule has 2 spiro atoms. The van der Waals surface area contributed by atoms with Crippen molar-refractivity contribution in [3.63, 3.8) is 0 Å². The van der Waals surface area contributed by atoms with Crippen LogP contribution in [0.5, 0.6) is 46.3 Å². The zero-order chi connectivity index (χ0) is 59.8. The number of methoxy groups -OCH3 is 2. The molecule has 8 heterocycles. The Morgan fingerprint density at radius 2 is 1.08 bits per heavy atom. The maximum absolute atomic E-state index is 12.8. The van der Waals surface area contributed by atoms with Gasteiger partial charge in [0.25, 0.3) is 0 Å². The van der Waals surface area contributed by atoms with Crippen molar-refractivity contribution in [1.29, 1.82) is 0 Å². The number of carbonyl (C=O) groups excluding carboxylic acids is 3. The van der Waals surface area contributed by atoms with Crippen LogP contribution >= 0.6 is 23.2 Å². The molecule has 0 N–H and O–H groups in total. The van der Waals surface area contributed by atoms with Gasteiger partial charge < -0.3 is 56.7 Å². The number of ketones is 2. The number of hydrogen-bond donors (Lipinski definition) is 0. The molecule has 4 aliphatic rings. The number of rotatable bonds is 23. The maximum atomic E-state index is 12.8. The minimum atomic E-state index is -0.0333. The lowest BCUT2D eigenvalue weighted by atomic mass is 9.77. The van der Waals surface area contributed by atoms with Gasteiger partial charge in [-0.1, -0.05) is 45.6 Å². The number of aromatic nitrogens is 6. The second-order valence-electron chi connectivity index (χ2n) is 22.4. The summed E-state index contributed by atoms with van der Waals surface area (Å²) in [6, 6.07) is 21.0. The Morgan fingerprint density at radius 3 is 1.52 bits per heavy atom. The normalized spacial score (nSPS) is 15.9. The molecule has 12 rings (SSSR count). The fourth-order valence-electron chi connectivity index (χ4n) is 11.1. The van der Waals surface area contributed by atoms with Crippen molar-refractivity contribution in [2.45, 2.75) is 71.6 Å². The molecule has 0 unspecified atom stereocenters. The molecule has 4 aromatic carbocycles. The van der Waals surface area contributed by atoms with Crippen LogP contribution in [0.1, 0.15) is 66.1 Å². The molecule has 0 saturated carbocycles. The third kappa shape index (κ3) is 14.5. The zero-order valence-electron chi connectivity index (χ0n) is 48.4. The first kappa shape index (κ1) is 59.8. The molecule has 23 heteroatoms. The van der Waals surface area contributed by atoms with Gasteiger partial charge in [0.1, 0.15) is 47.2 Å². The summed E-state index contributed by atoms with van der Waals surface area (Å²) < 4.78 is 56.4. The molecule has 21 nitrogen and oxygen atoms in total. The number of amides is 1. The number of nitrogens with zero attached hydrogens (tertiary/aromatic N) is 8. The summed E-state index contributed by atoms with van der Waals surface area (Å²) in [5, 5.41) is 9.86. The molecule has 0 radical (unpaired) electrons. The van der Waals surface area contributed by atoms with E-state index in [1.807, 2.05) is 17.0 Å². The fourth-order valence-corrected chi connectivity index (χ4v) is 11.5. The molecule has 0 aliphatic carbocycles. The van der Waals surface area contributed by atoms with Crippen LogP contribution in [0.3, 0.4) is 0 Å². The van der Waals surface area contributed by atoms with E-state index in [4.69, 9.17) is 70.1 Å². The number of piperidine rings is 1.